The van der Waals surface area contributed by atoms with Gasteiger partial charge in [-0.05, 0) is 0 Å². The average molecular weight is 154 g/mol. The lowest BCUT2D eigenvalue weighted by Crippen LogP contribution is -2.40. The van der Waals surface area contributed by atoms with Crippen molar-refractivity contribution in [2.24, 2.45) is 0 Å². The molecule has 56 valence electrons. The molecule has 1 rings (SSSR count). The van der Waals surface area contributed by atoms with E-state index in [2.05, 4.69) is 5.32 Å². The smallest absolute Gasteiger partial charge is 0.0930 e. The summed E-state index contributed by atoms with van der Waals surface area (Å²) in [6, 6.07) is 0. The Kier molecular flexibility index (Phi) is 5.09. The maximum Gasteiger partial charge on any atom is 0.0930 e. The van der Waals surface area contributed by atoms with E-state index >= 15 is 0 Å². The predicted octanol–water partition coefficient (Wildman–Crippen LogP) is -0.611. The topological polar surface area (TPSA) is 41.5 Å². The van der Waals surface area contributed by atoms with Crippen molar-refractivity contribution in [3.05, 3.63) is 0 Å². The van der Waals surface area contributed by atoms with Crippen LogP contribution in [0, 0.1) is 0 Å². The van der Waals surface area contributed by atoms with Crippen LogP contribution in [0.3, 0.4) is 0 Å². The second-order valence-corrected chi connectivity index (χ2v) is 1.88. The van der Waals surface area contributed by atoms with Crippen molar-refractivity contribution in [3.63, 3.8) is 0 Å². The minimum absolute atomic E-state index is 0. The Hall–Kier alpha value is 0.170. The first-order valence-corrected chi connectivity index (χ1v) is 2.86. The monoisotopic (exact) mass is 153 g/mol. The SMILES string of the molecule is Cl.OC[C@@H]1CNCCO1. The number of nitrogens with one attached hydrogen (secondary N) is 1. The number of morpholine rings is 1. The lowest BCUT2D eigenvalue weighted by molar-refractivity contribution is -0.00618. The number of hydrogen-bond donors (Lipinski definition) is 2. The van der Waals surface area contributed by atoms with Gasteiger partial charge < -0.3 is 15.2 Å². The molecule has 2 N–H and O–H groups in total. The molecular weight excluding hydrogens is 142 g/mol. The van der Waals surface area contributed by atoms with Gasteiger partial charge in [0.25, 0.3) is 0 Å². The molecule has 0 amide bonds. The summed E-state index contributed by atoms with van der Waals surface area (Å²) in [5, 5.41) is 11.6. The Morgan fingerprint density at radius 3 is 2.78 bits per heavy atom. The van der Waals surface area contributed by atoms with Crippen LogP contribution < -0.4 is 5.32 Å². The van der Waals surface area contributed by atoms with Crippen LogP contribution in [0.4, 0.5) is 0 Å². The molecule has 0 saturated carbocycles. The van der Waals surface area contributed by atoms with Crippen molar-refractivity contribution in [3.8, 4) is 0 Å². The summed E-state index contributed by atoms with van der Waals surface area (Å²) in [5.41, 5.74) is 0. The van der Waals surface area contributed by atoms with Crippen molar-refractivity contribution in [1.29, 1.82) is 0 Å². The highest BCUT2D eigenvalue weighted by molar-refractivity contribution is 5.85. The molecule has 0 aliphatic carbocycles. The van der Waals surface area contributed by atoms with Crippen LogP contribution in [0.5, 0.6) is 0 Å². The Morgan fingerprint density at radius 2 is 2.44 bits per heavy atom. The zero-order valence-electron chi connectivity index (χ0n) is 5.17. The lowest BCUT2D eigenvalue weighted by atomic mass is 10.3. The molecule has 0 aromatic heterocycles. The normalized spacial score (nSPS) is 27.0. The highest BCUT2D eigenvalue weighted by atomic mass is 35.5. The number of halogens is 1. The molecule has 3 nitrogen and oxygen atoms in total. The summed E-state index contributed by atoms with van der Waals surface area (Å²) < 4.78 is 5.11. The minimum atomic E-state index is 0. The molecule has 0 aromatic rings. The summed E-state index contributed by atoms with van der Waals surface area (Å²) in [5.74, 6) is 0. The first-order chi connectivity index (χ1) is 3.93. The maximum atomic E-state index is 8.53. The molecule has 1 fully saturated rings. The van der Waals surface area contributed by atoms with Gasteiger partial charge in [-0.1, -0.05) is 0 Å². The van der Waals surface area contributed by atoms with Gasteiger partial charge in [-0.2, -0.15) is 0 Å². The van der Waals surface area contributed by atoms with Gasteiger partial charge in [-0.3, -0.25) is 0 Å². The van der Waals surface area contributed by atoms with Crippen molar-refractivity contribution < 1.29 is 9.84 Å². The van der Waals surface area contributed by atoms with Gasteiger partial charge in [-0.15, -0.1) is 12.4 Å². The van der Waals surface area contributed by atoms with E-state index in [0.717, 1.165) is 19.7 Å². The van der Waals surface area contributed by atoms with Crippen LogP contribution in [-0.4, -0.2) is 37.5 Å². The third-order valence-corrected chi connectivity index (χ3v) is 1.21. The summed E-state index contributed by atoms with van der Waals surface area (Å²) in [7, 11) is 0. The van der Waals surface area contributed by atoms with E-state index < -0.39 is 0 Å². The molecule has 0 aromatic carbocycles. The lowest BCUT2D eigenvalue weighted by Gasteiger charge is -2.21. The quantitative estimate of drug-likeness (QED) is 0.528. The van der Waals surface area contributed by atoms with Crippen LogP contribution in [0.2, 0.25) is 0 Å². The predicted molar refractivity (Wildman–Crippen MR) is 36.9 cm³/mol. The Bertz CT molecular complexity index is 66.0. The van der Waals surface area contributed by atoms with E-state index in [-0.39, 0.29) is 25.1 Å². The van der Waals surface area contributed by atoms with Gasteiger partial charge in [0.05, 0.1) is 19.3 Å². The van der Waals surface area contributed by atoms with Crippen molar-refractivity contribution in [1.82, 2.24) is 5.32 Å². The second kappa shape index (κ2) is 4.99. The minimum Gasteiger partial charge on any atom is -0.394 e. The van der Waals surface area contributed by atoms with E-state index in [1.807, 2.05) is 0 Å². The van der Waals surface area contributed by atoms with Gasteiger partial charge in [0.2, 0.25) is 0 Å². The van der Waals surface area contributed by atoms with Gasteiger partial charge in [-0.25, -0.2) is 0 Å². The molecule has 1 atom stereocenters. The molecule has 0 unspecified atom stereocenters. The van der Waals surface area contributed by atoms with Crippen LogP contribution in [0.1, 0.15) is 0 Å². The van der Waals surface area contributed by atoms with E-state index in [1.165, 1.54) is 0 Å². The third kappa shape index (κ3) is 3.01. The highest BCUT2D eigenvalue weighted by Crippen LogP contribution is 1.92. The fraction of sp³-hybridized carbons (Fsp3) is 1.00. The van der Waals surface area contributed by atoms with Gasteiger partial charge in [0, 0.05) is 13.1 Å². The fourth-order valence-corrected chi connectivity index (χ4v) is 0.737. The van der Waals surface area contributed by atoms with E-state index in [1.54, 1.807) is 0 Å². The first-order valence-electron chi connectivity index (χ1n) is 2.86. The third-order valence-electron chi connectivity index (χ3n) is 1.21. The number of aliphatic hydroxyl groups is 1. The largest absolute Gasteiger partial charge is 0.394 e. The maximum absolute atomic E-state index is 8.53. The highest BCUT2D eigenvalue weighted by Gasteiger charge is 2.10. The zero-order valence-corrected chi connectivity index (χ0v) is 5.99. The van der Waals surface area contributed by atoms with Gasteiger partial charge in [0.1, 0.15) is 0 Å². The van der Waals surface area contributed by atoms with Gasteiger partial charge >= 0.3 is 0 Å². The summed E-state index contributed by atoms with van der Waals surface area (Å²) >= 11 is 0. The Balaban J connectivity index is 0.000000640. The van der Waals surface area contributed by atoms with Crippen LogP contribution >= 0.6 is 12.4 Å². The van der Waals surface area contributed by atoms with Crippen molar-refractivity contribution >= 4 is 12.4 Å². The number of hydrogen-bond acceptors (Lipinski definition) is 3. The van der Waals surface area contributed by atoms with Crippen molar-refractivity contribution in [2.45, 2.75) is 6.10 Å². The molecule has 1 aliphatic heterocycles. The van der Waals surface area contributed by atoms with Crippen LogP contribution in [0.25, 0.3) is 0 Å². The van der Waals surface area contributed by atoms with Crippen molar-refractivity contribution in [2.75, 3.05) is 26.3 Å². The zero-order chi connectivity index (χ0) is 5.82. The molecule has 1 saturated heterocycles. The molecule has 9 heavy (non-hydrogen) atoms. The molecule has 0 bridgehead atoms. The van der Waals surface area contributed by atoms with E-state index in [0.29, 0.717) is 0 Å². The number of ether oxygens (including phenoxy) is 1. The first kappa shape index (κ1) is 9.17. The molecule has 0 spiro atoms. The Labute approximate surface area is 60.8 Å². The van der Waals surface area contributed by atoms with Crippen LogP contribution in [-0.2, 0) is 4.74 Å². The second-order valence-electron chi connectivity index (χ2n) is 1.88. The van der Waals surface area contributed by atoms with E-state index in [4.69, 9.17) is 9.84 Å². The molecule has 1 heterocycles. The molecule has 1 aliphatic rings. The average Bonchev–Trinajstić information content (AvgIpc) is 1.90. The standard InChI is InChI=1S/C5H11NO2.ClH/c7-4-5-3-6-1-2-8-5;/h5-7H,1-4H2;1H/t5-;/m0./s1. The number of rotatable bonds is 1. The van der Waals surface area contributed by atoms with Crippen LogP contribution in [0.15, 0.2) is 0 Å². The number of aliphatic hydroxyl groups excluding tert-OH is 1. The molecule has 4 heteroatoms. The fourth-order valence-electron chi connectivity index (χ4n) is 0.737. The van der Waals surface area contributed by atoms with Gasteiger partial charge in [0.15, 0.2) is 0 Å². The summed E-state index contributed by atoms with van der Waals surface area (Å²) in [6.45, 7) is 2.56. The molecule has 0 radical (unpaired) electrons. The summed E-state index contributed by atoms with van der Waals surface area (Å²) in [6.07, 6.45) is 0.0312. The molecular formula is C5H12ClNO2. The van der Waals surface area contributed by atoms with E-state index in [9.17, 15) is 0 Å². The summed E-state index contributed by atoms with van der Waals surface area (Å²) in [4.78, 5) is 0. The Morgan fingerprint density at radius 1 is 1.67 bits per heavy atom.